The van der Waals surface area contributed by atoms with Gasteiger partial charge in [-0.2, -0.15) is 4.37 Å². The summed E-state index contributed by atoms with van der Waals surface area (Å²) in [6, 6.07) is 0. The first kappa shape index (κ1) is 22.8. The molecule has 2 heterocycles. The molecule has 0 radical (unpaired) electrons. The molecule has 0 spiro atoms. The molecular weight excluding hydrogens is 370 g/mol. The number of rotatable bonds is 8. The molecule has 8 nitrogen and oxygen atoms in total. The minimum atomic E-state index is -1.26. The lowest BCUT2D eigenvalue weighted by atomic mass is 10.1. The molecule has 27 heavy (non-hydrogen) atoms. The predicted molar refractivity (Wildman–Crippen MR) is 104 cm³/mol. The number of likely N-dealkylation sites (N-methyl/N-ethyl adjacent to an activating group) is 1. The van der Waals surface area contributed by atoms with Crippen molar-refractivity contribution in [3.63, 3.8) is 0 Å². The molecule has 0 saturated carbocycles. The van der Waals surface area contributed by atoms with Gasteiger partial charge >= 0.3 is 11.9 Å². The van der Waals surface area contributed by atoms with Crippen LogP contribution in [0, 0.1) is 5.92 Å². The summed E-state index contributed by atoms with van der Waals surface area (Å²) in [5.74, 6) is -1.09. The number of aromatic nitrogens is 2. The molecule has 150 valence electrons. The second-order valence-corrected chi connectivity index (χ2v) is 6.86. The number of carboxylic acids is 2. The number of hydrogen-bond donors (Lipinski definition) is 2. The highest BCUT2D eigenvalue weighted by Crippen LogP contribution is 2.27. The van der Waals surface area contributed by atoms with Crippen LogP contribution >= 0.6 is 11.7 Å². The van der Waals surface area contributed by atoms with Gasteiger partial charge in [0.15, 0.2) is 0 Å². The number of carboxylic acid groups (broad SMARTS) is 2. The summed E-state index contributed by atoms with van der Waals surface area (Å²) in [5, 5.41) is 15.6. The largest absolute Gasteiger partial charge is 0.478 e. The molecule has 1 aliphatic rings. The van der Waals surface area contributed by atoms with Crippen molar-refractivity contribution < 1.29 is 24.5 Å². The zero-order chi connectivity index (χ0) is 20.2. The molecule has 1 unspecified atom stereocenters. The molecule has 0 aromatic carbocycles. The van der Waals surface area contributed by atoms with Crippen LogP contribution in [0.25, 0.3) is 5.57 Å². The normalized spacial score (nSPS) is 15.6. The summed E-state index contributed by atoms with van der Waals surface area (Å²) in [7, 11) is 2.14. The van der Waals surface area contributed by atoms with E-state index in [9.17, 15) is 9.59 Å². The van der Waals surface area contributed by atoms with E-state index in [0.717, 1.165) is 44.1 Å². The van der Waals surface area contributed by atoms with Crippen molar-refractivity contribution in [2.24, 2.45) is 5.92 Å². The van der Waals surface area contributed by atoms with E-state index in [-0.39, 0.29) is 0 Å². The number of nitrogens with zero attached hydrogens (tertiary/aromatic N) is 3. The Bertz CT molecular complexity index is 656. The van der Waals surface area contributed by atoms with Gasteiger partial charge in [0.2, 0.25) is 0 Å². The molecule has 0 saturated heterocycles. The molecule has 0 aliphatic carbocycles. The van der Waals surface area contributed by atoms with Gasteiger partial charge < -0.3 is 19.8 Å². The summed E-state index contributed by atoms with van der Waals surface area (Å²) in [6.07, 6.45) is 6.73. The van der Waals surface area contributed by atoms with Crippen LogP contribution in [0.1, 0.15) is 38.8 Å². The third kappa shape index (κ3) is 9.30. The minimum absolute atomic E-state index is 0.558. The van der Waals surface area contributed by atoms with Gasteiger partial charge in [0.25, 0.3) is 5.88 Å². The van der Waals surface area contributed by atoms with Gasteiger partial charge in [0.05, 0.1) is 18.3 Å². The molecule has 1 aromatic heterocycles. The lowest BCUT2D eigenvalue weighted by Gasteiger charge is -2.22. The Labute approximate surface area is 163 Å². The SMILES string of the molecule is CCC(C)CCOc1nsnc1C1=CCCN(C)C1.O=C(O)C=CC(=O)O. The Kier molecular flexibility index (Phi) is 10.3. The standard InChI is InChI=1S/C14H23N3OS.C4H4O4/c1-4-11(2)7-9-18-14-13(15-19-16-14)12-6-5-8-17(3)10-12;5-3(6)1-2-4(7)8/h6,11H,4-5,7-10H2,1-3H3;1-2H,(H,5,6)(H,7,8). The average molecular weight is 397 g/mol. The third-order valence-corrected chi connectivity index (χ3v) is 4.53. The molecule has 0 fully saturated rings. The maximum absolute atomic E-state index is 9.55. The van der Waals surface area contributed by atoms with E-state index in [1.807, 2.05) is 0 Å². The van der Waals surface area contributed by atoms with Gasteiger partial charge in [-0.1, -0.05) is 26.3 Å². The van der Waals surface area contributed by atoms with Crippen molar-refractivity contribution in [2.75, 3.05) is 26.7 Å². The van der Waals surface area contributed by atoms with Gasteiger partial charge in [-0.05, 0) is 31.4 Å². The van der Waals surface area contributed by atoms with Crippen molar-refractivity contribution >= 4 is 29.2 Å². The van der Waals surface area contributed by atoms with Crippen LogP contribution in [0.2, 0.25) is 0 Å². The van der Waals surface area contributed by atoms with Gasteiger partial charge in [-0.3, -0.25) is 0 Å². The van der Waals surface area contributed by atoms with Gasteiger partial charge in [-0.15, -0.1) is 4.37 Å². The highest BCUT2D eigenvalue weighted by atomic mass is 32.1. The van der Waals surface area contributed by atoms with E-state index in [0.29, 0.717) is 18.1 Å². The fraction of sp³-hybridized carbons (Fsp3) is 0.556. The lowest BCUT2D eigenvalue weighted by molar-refractivity contribution is -0.134. The van der Waals surface area contributed by atoms with Crippen LogP contribution in [0.3, 0.4) is 0 Å². The van der Waals surface area contributed by atoms with E-state index in [1.54, 1.807) is 0 Å². The Morgan fingerprint density at radius 1 is 1.33 bits per heavy atom. The molecule has 1 aromatic rings. The zero-order valence-corrected chi connectivity index (χ0v) is 16.7. The van der Waals surface area contributed by atoms with Crippen molar-refractivity contribution in [1.29, 1.82) is 0 Å². The fourth-order valence-corrected chi connectivity index (χ4v) is 2.77. The molecule has 0 bridgehead atoms. The maximum Gasteiger partial charge on any atom is 0.328 e. The summed E-state index contributed by atoms with van der Waals surface area (Å²) in [6.45, 7) is 7.25. The summed E-state index contributed by atoms with van der Waals surface area (Å²) in [5.41, 5.74) is 2.20. The quantitative estimate of drug-likeness (QED) is 0.644. The first-order valence-electron chi connectivity index (χ1n) is 8.80. The third-order valence-electron chi connectivity index (χ3n) is 4.02. The maximum atomic E-state index is 9.55. The highest BCUT2D eigenvalue weighted by molar-refractivity contribution is 6.99. The number of carbonyl (C=O) groups is 2. The second kappa shape index (κ2) is 12.2. The van der Waals surface area contributed by atoms with Crippen molar-refractivity contribution in [3.05, 3.63) is 23.9 Å². The molecule has 0 amide bonds. The number of ether oxygens (including phenoxy) is 1. The first-order valence-corrected chi connectivity index (χ1v) is 9.53. The van der Waals surface area contributed by atoms with Crippen molar-refractivity contribution in [3.8, 4) is 5.88 Å². The Morgan fingerprint density at radius 2 is 2.00 bits per heavy atom. The summed E-state index contributed by atoms with van der Waals surface area (Å²) in [4.78, 5) is 21.4. The molecule has 9 heteroatoms. The van der Waals surface area contributed by atoms with Crippen LogP contribution < -0.4 is 4.74 Å². The van der Waals surface area contributed by atoms with Gasteiger partial charge in [0.1, 0.15) is 5.69 Å². The van der Waals surface area contributed by atoms with Gasteiger partial charge in [0, 0.05) is 25.2 Å². The van der Waals surface area contributed by atoms with E-state index in [4.69, 9.17) is 14.9 Å². The second-order valence-electron chi connectivity index (χ2n) is 6.33. The molecular formula is C18H27N3O5S. The van der Waals surface area contributed by atoms with E-state index in [1.165, 1.54) is 23.7 Å². The zero-order valence-electron chi connectivity index (χ0n) is 15.9. The molecule has 2 N–H and O–H groups in total. The van der Waals surface area contributed by atoms with E-state index >= 15 is 0 Å². The first-order chi connectivity index (χ1) is 12.8. The van der Waals surface area contributed by atoms with E-state index < -0.39 is 11.9 Å². The Balaban J connectivity index is 0.000000387. The van der Waals surface area contributed by atoms with Gasteiger partial charge in [-0.25, -0.2) is 9.59 Å². The van der Waals surface area contributed by atoms with Crippen LogP contribution in [-0.4, -0.2) is 62.5 Å². The molecule has 1 aliphatic heterocycles. The molecule has 2 rings (SSSR count). The summed E-state index contributed by atoms with van der Waals surface area (Å²) < 4.78 is 14.5. The van der Waals surface area contributed by atoms with Crippen LogP contribution in [0.4, 0.5) is 0 Å². The van der Waals surface area contributed by atoms with Crippen LogP contribution in [0.15, 0.2) is 18.2 Å². The predicted octanol–water partition coefficient (Wildman–Crippen LogP) is 2.78. The highest BCUT2D eigenvalue weighted by Gasteiger charge is 2.18. The summed E-state index contributed by atoms with van der Waals surface area (Å²) >= 11 is 1.24. The Hall–Kier alpha value is -2.26. The van der Waals surface area contributed by atoms with Crippen LogP contribution in [-0.2, 0) is 9.59 Å². The smallest absolute Gasteiger partial charge is 0.328 e. The fourth-order valence-electron chi connectivity index (χ4n) is 2.24. The Morgan fingerprint density at radius 3 is 2.56 bits per heavy atom. The van der Waals surface area contributed by atoms with Crippen molar-refractivity contribution in [2.45, 2.75) is 33.1 Å². The topological polar surface area (TPSA) is 113 Å². The minimum Gasteiger partial charge on any atom is -0.478 e. The van der Waals surface area contributed by atoms with Crippen LogP contribution in [0.5, 0.6) is 5.88 Å². The average Bonchev–Trinajstić information content (AvgIpc) is 3.09. The monoisotopic (exact) mass is 397 g/mol. The lowest BCUT2D eigenvalue weighted by Crippen LogP contribution is -2.25. The number of hydrogen-bond acceptors (Lipinski definition) is 7. The van der Waals surface area contributed by atoms with Crippen molar-refractivity contribution in [1.82, 2.24) is 13.6 Å². The number of aliphatic carboxylic acids is 2. The molecule has 1 atom stereocenters. The van der Waals surface area contributed by atoms with E-state index in [2.05, 4.69) is 40.6 Å².